The van der Waals surface area contributed by atoms with Crippen LogP contribution in [0.2, 0.25) is 5.02 Å². The van der Waals surface area contributed by atoms with Crippen LogP contribution in [0.25, 0.3) is 27.0 Å². The van der Waals surface area contributed by atoms with Crippen molar-refractivity contribution in [2.24, 2.45) is 5.92 Å². The van der Waals surface area contributed by atoms with E-state index < -0.39 is 23.6 Å². The monoisotopic (exact) mass is 858 g/mol. The lowest BCUT2D eigenvalue weighted by atomic mass is 9.79. The van der Waals surface area contributed by atoms with Gasteiger partial charge in [0.05, 0.1) is 39.3 Å². The second-order valence-corrected chi connectivity index (χ2v) is 19.3. The van der Waals surface area contributed by atoms with Crippen molar-refractivity contribution in [1.82, 2.24) is 24.9 Å². The van der Waals surface area contributed by atoms with Crippen LogP contribution in [-0.4, -0.2) is 68.3 Å². The third-order valence-electron chi connectivity index (χ3n) is 13.7. The van der Waals surface area contributed by atoms with E-state index in [0.29, 0.717) is 40.9 Å². The summed E-state index contributed by atoms with van der Waals surface area (Å²) in [5, 5.41) is 20.3. The molecule has 3 aromatic heterocycles. The Balaban J connectivity index is 1.15. The first kappa shape index (κ1) is 39.7. The minimum Gasteiger partial charge on any atom is -0.391 e. The molecule has 0 spiro atoms. The zero-order valence-corrected chi connectivity index (χ0v) is 36.7. The Morgan fingerprint density at radius 3 is 2.51 bits per heavy atom. The molecule has 0 radical (unpaired) electrons. The van der Waals surface area contributed by atoms with Gasteiger partial charge >= 0.3 is 0 Å². The summed E-state index contributed by atoms with van der Waals surface area (Å²) in [6, 6.07) is 21.0. The number of hydrogen-bond acceptors (Lipinski definition) is 9. The van der Waals surface area contributed by atoms with Gasteiger partial charge in [-0.1, -0.05) is 84.4 Å². The molecule has 2 amide bonds. The van der Waals surface area contributed by atoms with E-state index in [2.05, 4.69) is 75.6 Å². The summed E-state index contributed by atoms with van der Waals surface area (Å²) in [5.74, 6) is 0.540. The molecule has 6 aromatic rings. The molecule has 0 aliphatic carbocycles. The molecule has 12 nitrogen and oxygen atoms in total. The van der Waals surface area contributed by atoms with Crippen molar-refractivity contribution in [3.63, 3.8) is 0 Å². The van der Waals surface area contributed by atoms with E-state index in [1.165, 1.54) is 10.5 Å². The minimum atomic E-state index is -0.866. The lowest BCUT2D eigenvalue weighted by Gasteiger charge is -2.34. The van der Waals surface area contributed by atoms with Crippen molar-refractivity contribution in [3.05, 3.63) is 121 Å². The average molecular weight is 859 g/mol. The molecule has 2 N–H and O–H groups in total. The molecule has 10 heterocycles. The van der Waals surface area contributed by atoms with Gasteiger partial charge in [-0.2, -0.15) is 9.55 Å². The summed E-state index contributed by atoms with van der Waals surface area (Å²) >= 11 is 8.44. The molecule has 7 aliphatic rings. The zero-order valence-electron chi connectivity index (χ0n) is 35.1. The molecule has 2 saturated heterocycles. The number of benzene rings is 3. The molecule has 3 aromatic carbocycles. The number of carbonyl (C=O) groups excluding carboxylic acids is 2. The van der Waals surface area contributed by atoms with Crippen LogP contribution in [0.1, 0.15) is 104 Å². The number of fused-ring (bicyclic) bond motifs is 4. The maximum atomic E-state index is 14.4. The highest BCUT2D eigenvalue weighted by atomic mass is 35.5. The number of carbonyl (C=O) groups is 2. The maximum Gasteiger partial charge on any atom is 0.282 e. The fourth-order valence-electron chi connectivity index (χ4n) is 10.8. The van der Waals surface area contributed by atoms with Gasteiger partial charge in [0.2, 0.25) is 16.8 Å². The number of nitrogens with one attached hydrogen (secondary N) is 1. The van der Waals surface area contributed by atoms with Crippen LogP contribution in [0.5, 0.6) is 0 Å². The first-order chi connectivity index (χ1) is 29.3. The number of amides is 2. The standard InChI is InChI=1S/C47H48ClN7O5S/c1-24(2)39-37-22-38(51-60-37)52-19-17-29(18-20-52)32-9-7-12-35-41(32)47(6,46-50-44(58)40-33(48)10-8-11-34(40)54(35)46)55-26(4)42(61-27(55)5)30-15-13-28(14-16-30)25(3)49-43(57)36-21-31(56)23-53(36)45(39)59/h7-16,22,24-25,29,31,36,39,56H,17-21,23H2,1-6H3/p+1/t25-,31+,36-,39?,47?/m0/s1. The smallest absolute Gasteiger partial charge is 0.282 e. The van der Waals surface area contributed by atoms with Gasteiger partial charge in [0, 0.05) is 52.9 Å². The molecule has 13 rings (SSSR count). The van der Waals surface area contributed by atoms with E-state index in [-0.39, 0.29) is 48.2 Å². The van der Waals surface area contributed by atoms with Crippen LogP contribution in [-0.2, 0) is 15.1 Å². The topological polar surface area (TPSA) is 138 Å². The lowest BCUT2D eigenvalue weighted by molar-refractivity contribution is -0.746. The molecular weight excluding hydrogens is 810 g/mol. The molecule has 2 fully saturated rings. The lowest BCUT2D eigenvalue weighted by Crippen LogP contribution is -2.58. The van der Waals surface area contributed by atoms with E-state index in [1.807, 2.05) is 51.1 Å². The predicted molar refractivity (Wildman–Crippen MR) is 235 cm³/mol. The molecule has 61 heavy (non-hydrogen) atoms. The molecule has 5 atom stereocenters. The summed E-state index contributed by atoms with van der Waals surface area (Å²) in [5.41, 5.74) is 5.81. The van der Waals surface area contributed by atoms with Gasteiger partial charge in [-0.3, -0.25) is 19.0 Å². The van der Waals surface area contributed by atoms with Crippen LogP contribution < -0.4 is 20.3 Å². The fourth-order valence-corrected chi connectivity index (χ4v) is 12.2. The van der Waals surface area contributed by atoms with E-state index >= 15 is 0 Å². The highest BCUT2D eigenvalue weighted by Gasteiger charge is 2.55. The minimum absolute atomic E-state index is 0.0706. The zero-order chi connectivity index (χ0) is 42.6. The molecule has 314 valence electrons. The van der Waals surface area contributed by atoms with E-state index in [1.54, 1.807) is 17.4 Å². The number of aromatic nitrogens is 4. The van der Waals surface area contributed by atoms with Crippen LogP contribution in [0, 0.1) is 19.8 Å². The Morgan fingerprint density at radius 2 is 1.77 bits per heavy atom. The van der Waals surface area contributed by atoms with Gasteiger partial charge in [0.15, 0.2) is 23.1 Å². The van der Waals surface area contributed by atoms with Crippen molar-refractivity contribution >= 4 is 51.5 Å². The summed E-state index contributed by atoms with van der Waals surface area (Å²) in [6.45, 7) is 13.8. The summed E-state index contributed by atoms with van der Waals surface area (Å²) in [6.07, 6.45) is 1.01. The van der Waals surface area contributed by atoms with E-state index in [9.17, 15) is 19.5 Å². The average Bonchev–Trinajstić information content (AvgIpc) is 4.01. The molecule has 2 unspecified atom stereocenters. The molecule has 7 aliphatic heterocycles. The Morgan fingerprint density at radius 1 is 1.03 bits per heavy atom. The highest BCUT2D eigenvalue weighted by molar-refractivity contribution is 7.14. The van der Waals surface area contributed by atoms with E-state index in [4.69, 9.17) is 21.1 Å². The van der Waals surface area contributed by atoms with Crippen LogP contribution in [0.15, 0.2) is 76.0 Å². The number of thiazole rings is 1. The third kappa shape index (κ3) is 6.09. The number of rotatable bonds is 1. The van der Waals surface area contributed by atoms with Gasteiger partial charge in [0.25, 0.3) is 11.1 Å². The number of aliphatic hydroxyl groups is 1. The number of hydrogen-bond donors (Lipinski definition) is 2. The van der Waals surface area contributed by atoms with Gasteiger partial charge < -0.3 is 24.7 Å². The van der Waals surface area contributed by atoms with E-state index in [0.717, 1.165) is 56.3 Å². The Hall–Kier alpha value is -5.37. The van der Waals surface area contributed by atoms with Crippen molar-refractivity contribution in [2.75, 3.05) is 24.5 Å². The van der Waals surface area contributed by atoms with Gasteiger partial charge in [0.1, 0.15) is 16.8 Å². The number of nitrogens with zero attached hydrogens (tertiary/aromatic N) is 6. The normalized spacial score (nSPS) is 24.9. The SMILES string of the molecule is Cc1sc2c(C)[n+]1C1(C)c3c(cccc3-n3c1nc(=O)c1c(Cl)cccc13)C1CCN(CC1)c1cc(on1)C(C(C)C)C(=O)N1C[C@H](O)C[C@H]1C(=O)N[C@@H](C)c1ccc-2cc1. The van der Waals surface area contributed by atoms with Crippen molar-refractivity contribution < 1.29 is 23.8 Å². The summed E-state index contributed by atoms with van der Waals surface area (Å²) < 4.78 is 10.5. The Labute approximate surface area is 362 Å². The summed E-state index contributed by atoms with van der Waals surface area (Å²) in [4.78, 5) is 52.1. The highest BCUT2D eigenvalue weighted by Crippen LogP contribution is 2.48. The Kier molecular flexibility index (Phi) is 9.53. The maximum absolute atomic E-state index is 14.4. The number of aryl methyl sites for hydroxylation is 1. The Bertz CT molecular complexity index is 2820. The molecule has 8 bridgehead atoms. The quantitative estimate of drug-likeness (QED) is 0.168. The number of aliphatic hydroxyl groups excluding tert-OH is 1. The second-order valence-electron chi connectivity index (χ2n) is 17.7. The number of anilines is 1. The van der Waals surface area contributed by atoms with Crippen LogP contribution in [0.4, 0.5) is 5.82 Å². The second kappa shape index (κ2) is 14.6. The third-order valence-corrected chi connectivity index (χ3v) is 15.2. The fraction of sp³-hybridized carbons (Fsp3) is 0.404. The number of piperidine rings is 1. The van der Waals surface area contributed by atoms with Gasteiger partial charge in [-0.05, 0) is 66.5 Å². The van der Waals surface area contributed by atoms with Crippen molar-refractivity contribution in [1.29, 1.82) is 0 Å². The van der Waals surface area contributed by atoms with Crippen LogP contribution >= 0.6 is 22.9 Å². The first-order valence-electron chi connectivity index (χ1n) is 21.2. The van der Waals surface area contributed by atoms with Gasteiger partial charge in [-0.25, -0.2) is 0 Å². The largest absolute Gasteiger partial charge is 0.391 e. The molecular formula is C47H49ClN7O5S+. The molecule has 0 saturated carbocycles. The van der Waals surface area contributed by atoms with Gasteiger partial charge in [-0.15, -0.1) is 0 Å². The van der Waals surface area contributed by atoms with Crippen molar-refractivity contribution in [2.45, 2.75) is 96.4 Å². The first-order valence-corrected chi connectivity index (χ1v) is 22.4. The number of halogens is 1. The van der Waals surface area contributed by atoms with Crippen molar-refractivity contribution in [3.8, 4) is 16.1 Å². The van der Waals surface area contributed by atoms with Crippen LogP contribution in [0.3, 0.4) is 0 Å². The predicted octanol–water partition coefficient (Wildman–Crippen LogP) is 7.06. The summed E-state index contributed by atoms with van der Waals surface area (Å²) in [7, 11) is 0. The molecule has 14 heteroatoms.